The predicted octanol–water partition coefficient (Wildman–Crippen LogP) is 3.48. The summed E-state index contributed by atoms with van der Waals surface area (Å²) in [5, 5.41) is 12.1. The first-order valence-electron chi connectivity index (χ1n) is 13.1. The molecule has 3 heterocycles. The number of rotatable bonds is 10. The van der Waals surface area contributed by atoms with Crippen molar-refractivity contribution in [1.29, 1.82) is 0 Å². The molecule has 1 spiro atoms. The first-order valence-corrected chi connectivity index (χ1v) is 13.1. The van der Waals surface area contributed by atoms with Crippen LogP contribution in [-0.2, 0) is 33.3 Å². The largest absolute Gasteiger partial charge is 0.481 e. The van der Waals surface area contributed by atoms with E-state index in [4.69, 9.17) is 24.1 Å². The zero-order valence-electron chi connectivity index (χ0n) is 22.5. The fraction of sp³-hybridized carbons (Fsp3) is 0.679. The van der Waals surface area contributed by atoms with Crippen molar-refractivity contribution in [3.05, 3.63) is 36.0 Å². The average Bonchev–Trinajstić information content (AvgIpc) is 3.54. The van der Waals surface area contributed by atoms with Crippen molar-refractivity contribution in [3.63, 3.8) is 0 Å². The van der Waals surface area contributed by atoms with Crippen LogP contribution in [0.25, 0.3) is 0 Å². The van der Waals surface area contributed by atoms with Crippen LogP contribution in [0.3, 0.4) is 0 Å². The van der Waals surface area contributed by atoms with Gasteiger partial charge < -0.3 is 29.4 Å². The second-order valence-electron chi connectivity index (χ2n) is 10.7. The summed E-state index contributed by atoms with van der Waals surface area (Å²) in [6.45, 7) is 9.83. The lowest BCUT2D eigenvalue weighted by Gasteiger charge is -2.39. The summed E-state index contributed by atoms with van der Waals surface area (Å²) in [5.74, 6) is -1.23. The Hall–Kier alpha value is -2.49. The highest BCUT2D eigenvalue weighted by molar-refractivity contribution is 5.87. The summed E-state index contributed by atoms with van der Waals surface area (Å²) in [6.07, 6.45) is 11.0. The molecule has 37 heavy (non-hydrogen) atoms. The van der Waals surface area contributed by atoms with Gasteiger partial charge in [-0.15, -0.1) is 0 Å². The Morgan fingerprint density at radius 3 is 2.54 bits per heavy atom. The Kier molecular flexibility index (Phi) is 10.1. The SMILES string of the molecule is CC(=O)O[C@@H](C)/C=C\C(=O)N[C@@H]1C[C@H](C)[C@H](C/C=C(C)/C=C/[C@@H]2C[C@]3(CO3)C[C@H](CC(=O)O)O2)O[C@@H]1C. The zero-order chi connectivity index (χ0) is 27.2. The second-order valence-corrected chi connectivity index (χ2v) is 10.7. The van der Waals surface area contributed by atoms with Crippen LogP contribution in [0.4, 0.5) is 0 Å². The highest BCUT2D eigenvalue weighted by Gasteiger charge is 2.51. The van der Waals surface area contributed by atoms with Gasteiger partial charge in [0.1, 0.15) is 6.10 Å². The number of carbonyl (C=O) groups excluding carboxylic acids is 2. The van der Waals surface area contributed by atoms with Crippen molar-refractivity contribution in [2.24, 2.45) is 5.92 Å². The molecule has 8 atom stereocenters. The maximum atomic E-state index is 12.3. The van der Waals surface area contributed by atoms with Crippen LogP contribution < -0.4 is 5.32 Å². The summed E-state index contributed by atoms with van der Waals surface area (Å²) in [4.78, 5) is 34.4. The summed E-state index contributed by atoms with van der Waals surface area (Å²) in [5.41, 5.74) is 0.870. The maximum Gasteiger partial charge on any atom is 0.305 e. The lowest BCUT2D eigenvalue weighted by atomic mass is 9.88. The molecule has 0 aliphatic carbocycles. The van der Waals surface area contributed by atoms with Crippen LogP contribution in [0.15, 0.2) is 36.0 Å². The number of epoxide rings is 1. The number of hydrogen-bond acceptors (Lipinski definition) is 7. The molecular weight excluding hydrogens is 478 g/mol. The zero-order valence-corrected chi connectivity index (χ0v) is 22.5. The van der Waals surface area contributed by atoms with E-state index in [1.54, 1.807) is 13.0 Å². The molecule has 2 N–H and O–H groups in total. The summed E-state index contributed by atoms with van der Waals surface area (Å²) in [7, 11) is 0. The molecule has 0 bridgehead atoms. The number of hydrogen-bond donors (Lipinski definition) is 2. The summed E-state index contributed by atoms with van der Waals surface area (Å²) < 4.78 is 22.8. The van der Waals surface area contributed by atoms with E-state index in [9.17, 15) is 14.4 Å². The van der Waals surface area contributed by atoms with E-state index in [2.05, 4.69) is 18.3 Å². The fourth-order valence-corrected chi connectivity index (χ4v) is 5.07. The molecular formula is C28H41NO8. The van der Waals surface area contributed by atoms with Gasteiger partial charge in [0.25, 0.3) is 0 Å². The number of esters is 1. The normalized spacial score (nSPS) is 35.0. The minimum Gasteiger partial charge on any atom is -0.481 e. The molecule has 3 aliphatic heterocycles. The van der Waals surface area contributed by atoms with Crippen LogP contribution in [0, 0.1) is 5.92 Å². The van der Waals surface area contributed by atoms with Crippen molar-refractivity contribution in [2.45, 2.75) is 109 Å². The molecule has 9 nitrogen and oxygen atoms in total. The summed E-state index contributed by atoms with van der Waals surface area (Å²) in [6, 6.07) is -0.100. The van der Waals surface area contributed by atoms with E-state index >= 15 is 0 Å². The standard InChI is InChI=1S/C28H41NO8/c1-17(6-9-22-14-28(16-34-28)15-23(37-22)13-27(32)33)7-10-25-18(2)12-24(20(4)36-25)29-26(31)11-8-19(3)35-21(5)30/h6-9,11,18-20,22-25H,10,12-16H2,1-5H3,(H,29,31)(H,32,33)/b9-6+,11-8-,17-7+/t18-,19-,20+,22+,23-,24+,25-,28+/m0/s1. The summed E-state index contributed by atoms with van der Waals surface area (Å²) >= 11 is 0. The molecule has 0 saturated carbocycles. The molecule has 0 aromatic rings. The quantitative estimate of drug-likeness (QED) is 0.195. The van der Waals surface area contributed by atoms with Gasteiger partial charge in [0.2, 0.25) is 5.91 Å². The maximum absolute atomic E-state index is 12.3. The number of carboxylic acids is 1. The lowest BCUT2D eigenvalue weighted by molar-refractivity contribution is -0.144. The number of ether oxygens (including phenoxy) is 4. The monoisotopic (exact) mass is 519 g/mol. The van der Waals surface area contributed by atoms with Crippen LogP contribution in [0.1, 0.15) is 66.7 Å². The molecule has 3 saturated heterocycles. The van der Waals surface area contributed by atoms with Crippen molar-refractivity contribution in [1.82, 2.24) is 5.32 Å². The topological polar surface area (TPSA) is 124 Å². The number of aliphatic carboxylic acids is 1. The van der Waals surface area contributed by atoms with Crippen LogP contribution in [0.5, 0.6) is 0 Å². The van der Waals surface area contributed by atoms with Crippen molar-refractivity contribution in [3.8, 4) is 0 Å². The van der Waals surface area contributed by atoms with Gasteiger partial charge in [0.05, 0.1) is 49.1 Å². The Morgan fingerprint density at radius 2 is 1.89 bits per heavy atom. The molecule has 3 aliphatic rings. The third-order valence-electron chi connectivity index (χ3n) is 7.16. The molecule has 1 amide bonds. The van der Waals surface area contributed by atoms with Crippen molar-refractivity contribution >= 4 is 17.8 Å². The van der Waals surface area contributed by atoms with E-state index < -0.39 is 12.1 Å². The van der Waals surface area contributed by atoms with Gasteiger partial charge in [-0.1, -0.05) is 30.7 Å². The highest BCUT2D eigenvalue weighted by Crippen LogP contribution is 2.43. The van der Waals surface area contributed by atoms with Crippen LogP contribution in [-0.4, -0.2) is 71.7 Å². The number of allylic oxidation sites excluding steroid dienone is 2. The number of carboxylic acid groups (broad SMARTS) is 1. The van der Waals surface area contributed by atoms with Crippen molar-refractivity contribution in [2.75, 3.05) is 6.61 Å². The molecule has 3 fully saturated rings. The Morgan fingerprint density at radius 1 is 1.16 bits per heavy atom. The van der Waals surface area contributed by atoms with E-state index in [1.165, 1.54) is 13.0 Å². The van der Waals surface area contributed by atoms with E-state index in [0.717, 1.165) is 24.8 Å². The Balaban J connectivity index is 1.46. The minimum atomic E-state index is -0.857. The van der Waals surface area contributed by atoms with E-state index in [-0.39, 0.29) is 60.3 Å². The van der Waals surface area contributed by atoms with Gasteiger partial charge >= 0.3 is 11.9 Å². The van der Waals surface area contributed by atoms with Crippen LogP contribution >= 0.6 is 0 Å². The van der Waals surface area contributed by atoms with Gasteiger partial charge in [-0.3, -0.25) is 14.4 Å². The van der Waals surface area contributed by atoms with E-state index in [0.29, 0.717) is 13.0 Å². The molecule has 0 aromatic heterocycles. The number of amides is 1. The molecule has 0 aromatic carbocycles. The molecule has 3 rings (SSSR count). The lowest BCUT2D eigenvalue weighted by Crippen LogP contribution is -2.50. The van der Waals surface area contributed by atoms with Gasteiger partial charge in [0, 0.05) is 25.8 Å². The predicted molar refractivity (Wildman–Crippen MR) is 137 cm³/mol. The third-order valence-corrected chi connectivity index (χ3v) is 7.16. The first kappa shape index (κ1) is 29.1. The molecule has 9 heteroatoms. The van der Waals surface area contributed by atoms with Crippen LogP contribution in [0.2, 0.25) is 0 Å². The van der Waals surface area contributed by atoms with Gasteiger partial charge in [-0.2, -0.15) is 0 Å². The molecule has 206 valence electrons. The van der Waals surface area contributed by atoms with Gasteiger partial charge in [0.15, 0.2) is 0 Å². The fourth-order valence-electron chi connectivity index (χ4n) is 5.07. The molecule has 0 radical (unpaired) electrons. The number of carbonyl (C=O) groups is 3. The van der Waals surface area contributed by atoms with E-state index in [1.807, 2.05) is 26.0 Å². The van der Waals surface area contributed by atoms with Gasteiger partial charge in [-0.05, 0) is 45.6 Å². The average molecular weight is 520 g/mol. The Bertz CT molecular complexity index is 921. The minimum absolute atomic E-state index is 0.00942. The Labute approximate surface area is 219 Å². The van der Waals surface area contributed by atoms with Gasteiger partial charge in [-0.25, -0.2) is 0 Å². The number of nitrogens with one attached hydrogen (secondary N) is 1. The third kappa shape index (κ3) is 9.39. The highest BCUT2D eigenvalue weighted by atomic mass is 16.6. The van der Waals surface area contributed by atoms with Crippen molar-refractivity contribution < 1.29 is 38.4 Å². The molecule has 0 unspecified atom stereocenters. The first-order chi connectivity index (χ1) is 17.4. The smallest absolute Gasteiger partial charge is 0.305 e. The second kappa shape index (κ2) is 12.8.